The first-order chi connectivity index (χ1) is 9.19. The Balaban J connectivity index is 2.16. The molecule has 0 radical (unpaired) electrons. The highest BCUT2D eigenvalue weighted by Crippen LogP contribution is 2.11. The summed E-state index contributed by atoms with van der Waals surface area (Å²) < 4.78 is 16.1. The lowest BCUT2D eigenvalue weighted by molar-refractivity contribution is -0.139. The van der Waals surface area contributed by atoms with Crippen LogP contribution in [0.5, 0.6) is 0 Å². The molecule has 1 heterocycles. The summed E-state index contributed by atoms with van der Waals surface area (Å²) in [5.41, 5.74) is 2.12. The first-order valence-electron chi connectivity index (χ1n) is 7.04. The van der Waals surface area contributed by atoms with E-state index in [1.54, 1.807) is 0 Å². The summed E-state index contributed by atoms with van der Waals surface area (Å²) >= 11 is 0. The van der Waals surface area contributed by atoms with Crippen LogP contribution in [0.15, 0.2) is 4.52 Å². The van der Waals surface area contributed by atoms with Gasteiger partial charge < -0.3 is 19.3 Å². The monoisotopic (exact) mass is 270 g/mol. The molecule has 0 bridgehead atoms. The summed E-state index contributed by atoms with van der Waals surface area (Å²) in [6.45, 7) is 11.0. The van der Waals surface area contributed by atoms with Gasteiger partial charge >= 0.3 is 0 Å². The number of nitrogens with zero attached hydrogens (tertiary/aromatic N) is 1. The first-order valence-corrected chi connectivity index (χ1v) is 7.04. The Morgan fingerprint density at radius 3 is 2.42 bits per heavy atom. The molecule has 0 unspecified atom stereocenters. The zero-order valence-electron chi connectivity index (χ0n) is 12.5. The van der Waals surface area contributed by atoms with Gasteiger partial charge in [-0.05, 0) is 47.1 Å². The van der Waals surface area contributed by atoms with Gasteiger partial charge in [-0.25, -0.2) is 0 Å². The van der Waals surface area contributed by atoms with E-state index in [0.29, 0.717) is 13.2 Å². The van der Waals surface area contributed by atoms with Crippen molar-refractivity contribution in [3.8, 4) is 0 Å². The maximum Gasteiger partial charge on any atom is 0.157 e. The van der Waals surface area contributed by atoms with Crippen LogP contribution < -0.4 is 5.32 Å². The zero-order chi connectivity index (χ0) is 14.1. The predicted octanol–water partition coefficient (Wildman–Crippen LogP) is 2.56. The van der Waals surface area contributed by atoms with Crippen LogP contribution in [0.3, 0.4) is 0 Å². The maximum absolute atomic E-state index is 5.50. The SMILES string of the molecule is CCOC(CCCNCc1c(C)noc1C)OCC. The van der Waals surface area contributed by atoms with E-state index in [9.17, 15) is 0 Å². The van der Waals surface area contributed by atoms with Gasteiger partial charge in [0, 0.05) is 25.3 Å². The highest BCUT2D eigenvalue weighted by atomic mass is 16.7. The summed E-state index contributed by atoms with van der Waals surface area (Å²) in [5, 5.41) is 7.33. The number of aromatic nitrogens is 1. The van der Waals surface area contributed by atoms with Crippen molar-refractivity contribution < 1.29 is 14.0 Å². The lowest BCUT2D eigenvalue weighted by atomic mass is 10.2. The second-order valence-corrected chi connectivity index (χ2v) is 4.46. The maximum atomic E-state index is 5.50. The number of nitrogens with one attached hydrogen (secondary N) is 1. The molecule has 19 heavy (non-hydrogen) atoms. The van der Waals surface area contributed by atoms with Gasteiger partial charge in [-0.1, -0.05) is 5.16 Å². The van der Waals surface area contributed by atoms with Gasteiger partial charge in [0.2, 0.25) is 0 Å². The zero-order valence-corrected chi connectivity index (χ0v) is 12.5. The molecule has 1 aromatic rings. The highest BCUT2D eigenvalue weighted by molar-refractivity contribution is 5.20. The Labute approximate surface area is 115 Å². The van der Waals surface area contributed by atoms with Gasteiger partial charge in [-0.3, -0.25) is 0 Å². The highest BCUT2D eigenvalue weighted by Gasteiger charge is 2.09. The largest absolute Gasteiger partial charge is 0.361 e. The minimum atomic E-state index is -0.0733. The van der Waals surface area contributed by atoms with Crippen LogP contribution in [0.25, 0.3) is 0 Å². The Morgan fingerprint density at radius 2 is 1.89 bits per heavy atom. The average molecular weight is 270 g/mol. The van der Waals surface area contributed by atoms with Gasteiger partial charge in [-0.2, -0.15) is 0 Å². The lowest BCUT2D eigenvalue weighted by Gasteiger charge is -2.16. The van der Waals surface area contributed by atoms with Crippen LogP contribution in [0.1, 0.15) is 43.7 Å². The Bertz CT molecular complexity index is 327. The van der Waals surface area contributed by atoms with Gasteiger partial charge in [0.25, 0.3) is 0 Å². The fourth-order valence-electron chi connectivity index (χ4n) is 1.95. The molecule has 0 aliphatic rings. The molecule has 0 atom stereocenters. The average Bonchev–Trinajstić information content (AvgIpc) is 2.70. The molecular weight excluding hydrogens is 244 g/mol. The van der Waals surface area contributed by atoms with Crippen molar-refractivity contribution in [1.82, 2.24) is 10.5 Å². The molecule has 0 aliphatic carbocycles. The van der Waals surface area contributed by atoms with Gasteiger partial charge in [0.1, 0.15) is 5.76 Å². The molecule has 5 nitrogen and oxygen atoms in total. The van der Waals surface area contributed by atoms with E-state index in [2.05, 4.69) is 10.5 Å². The van der Waals surface area contributed by atoms with Crippen LogP contribution in [0.2, 0.25) is 0 Å². The standard InChI is InChI=1S/C14H26N2O3/c1-5-17-14(18-6-2)8-7-9-15-10-13-11(3)16-19-12(13)4/h14-15H,5-10H2,1-4H3. The minimum absolute atomic E-state index is 0.0733. The van der Waals surface area contributed by atoms with Crippen LogP contribution in [-0.2, 0) is 16.0 Å². The van der Waals surface area contributed by atoms with Gasteiger partial charge in [0.05, 0.1) is 5.69 Å². The summed E-state index contributed by atoms with van der Waals surface area (Å²) in [5.74, 6) is 0.895. The van der Waals surface area contributed by atoms with Gasteiger partial charge in [0.15, 0.2) is 6.29 Å². The first kappa shape index (κ1) is 16.1. The van der Waals surface area contributed by atoms with Crippen LogP contribution >= 0.6 is 0 Å². The van der Waals surface area contributed by atoms with Crippen molar-refractivity contribution in [2.24, 2.45) is 0 Å². The number of hydrogen-bond acceptors (Lipinski definition) is 5. The van der Waals surface area contributed by atoms with E-state index in [1.165, 1.54) is 0 Å². The second-order valence-electron chi connectivity index (χ2n) is 4.46. The van der Waals surface area contributed by atoms with E-state index in [-0.39, 0.29) is 6.29 Å². The minimum Gasteiger partial charge on any atom is -0.361 e. The third-order valence-electron chi connectivity index (χ3n) is 2.98. The molecule has 0 fully saturated rings. The molecule has 5 heteroatoms. The number of hydrogen-bond donors (Lipinski definition) is 1. The fraction of sp³-hybridized carbons (Fsp3) is 0.786. The molecule has 0 saturated carbocycles. The summed E-state index contributed by atoms with van der Waals surface area (Å²) in [7, 11) is 0. The van der Waals surface area contributed by atoms with Crippen LogP contribution in [-0.4, -0.2) is 31.2 Å². The molecule has 0 aliphatic heterocycles. The Morgan fingerprint density at radius 1 is 1.21 bits per heavy atom. The van der Waals surface area contributed by atoms with Crippen molar-refractivity contribution in [3.63, 3.8) is 0 Å². The molecule has 0 spiro atoms. The Hall–Kier alpha value is -0.910. The van der Waals surface area contributed by atoms with Crippen molar-refractivity contribution in [2.75, 3.05) is 19.8 Å². The van der Waals surface area contributed by atoms with Crippen LogP contribution in [0.4, 0.5) is 0 Å². The summed E-state index contributed by atoms with van der Waals surface area (Å²) in [4.78, 5) is 0. The Kier molecular flexibility index (Phi) is 7.70. The van der Waals surface area contributed by atoms with E-state index >= 15 is 0 Å². The quantitative estimate of drug-likeness (QED) is 0.523. The molecule has 0 saturated heterocycles. The number of rotatable bonds is 10. The summed E-state index contributed by atoms with van der Waals surface area (Å²) in [6.07, 6.45) is 1.86. The molecule has 0 amide bonds. The normalized spacial score (nSPS) is 11.4. The molecule has 1 rings (SSSR count). The molecule has 0 aromatic carbocycles. The van der Waals surface area contributed by atoms with Crippen molar-refractivity contribution in [3.05, 3.63) is 17.0 Å². The molecule has 1 aromatic heterocycles. The predicted molar refractivity (Wildman–Crippen MR) is 74.0 cm³/mol. The van der Waals surface area contributed by atoms with E-state index in [4.69, 9.17) is 14.0 Å². The van der Waals surface area contributed by atoms with Crippen molar-refractivity contribution in [2.45, 2.75) is 53.4 Å². The second kappa shape index (κ2) is 9.07. The lowest BCUT2D eigenvalue weighted by Crippen LogP contribution is -2.21. The summed E-state index contributed by atoms with van der Waals surface area (Å²) in [6, 6.07) is 0. The van der Waals surface area contributed by atoms with Crippen molar-refractivity contribution in [1.29, 1.82) is 0 Å². The van der Waals surface area contributed by atoms with Gasteiger partial charge in [-0.15, -0.1) is 0 Å². The topological polar surface area (TPSA) is 56.5 Å². The molecular formula is C14H26N2O3. The smallest absolute Gasteiger partial charge is 0.157 e. The number of aryl methyl sites for hydroxylation is 2. The number of ether oxygens (including phenoxy) is 2. The van der Waals surface area contributed by atoms with Crippen LogP contribution in [0, 0.1) is 13.8 Å². The van der Waals surface area contributed by atoms with E-state index in [1.807, 2.05) is 27.7 Å². The molecule has 1 N–H and O–H groups in total. The molecule has 110 valence electrons. The fourth-order valence-corrected chi connectivity index (χ4v) is 1.95. The van der Waals surface area contributed by atoms with E-state index in [0.717, 1.165) is 42.9 Å². The third kappa shape index (κ3) is 5.72. The van der Waals surface area contributed by atoms with Crippen molar-refractivity contribution >= 4 is 0 Å². The third-order valence-corrected chi connectivity index (χ3v) is 2.98. The van der Waals surface area contributed by atoms with E-state index < -0.39 is 0 Å².